The van der Waals surface area contributed by atoms with Crippen LogP contribution in [0.4, 0.5) is 11.6 Å². The molecule has 0 saturated carbocycles. The van der Waals surface area contributed by atoms with Gasteiger partial charge in [-0.1, -0.05) is 36.4 Å². The highest BCUT2D eigenvalue weighted by Gasteiger charge is 2.21. The van der Waals surface area contributed by atoms with Crippen LogP contribution in [0.5, 0.6) is 0 Å². The molecule has 1 N–H and O–H groups in total. The first-order valence-corrected chi connectivity index (χ1v) is 10.3. The van der Waals surface area contributed by atoms with Crippen molar-refractivity contribution in [1.29, 1.82) is 0 Å². The van der Waals surface area contributed by atoms with E-state index in [1.165, 1.54) is 17.0 Å². The predicted molar refractivity (Wildman–Crippen MR) is 105 cm³/mol. The van der Waals surface area contributed by atoms with E-state index in [2.05, 4.69) is 21.7 Å². The smallest absolute Gasteiger partial charge is 0.202 e. The molecule has 0 radical (unpaired) electrons. The number of nitrogens with zero attached hydrogens (tertiary/aromatic N) is 4. The molecule has 1 fully saturated rings. The average Bonchev–Trinajstić information content (AvgIpc) is 2.69. The summed E-state index contributed by atoms with van der Waals surface area (Å²) in [7, 11) is -1.72. The van der Waals surface area contributed by atoms with Gasteiger partial charge in [0.05, 0.1) is 43.6 Å². The first kappa shape index (κ1) is 17.7. The SMILES string of the molecule is C[NH+]1CCN(c2nc3ccccc3nc2[N-]S(=O)(=O)c2ccccc2)CC1. The van der Waals surface area contributed by atoms with Gasteiger partial charge in [0, 0.05) is 0 Å². The number of rotatable bonds is 4. The van der Waals surface area contributed by atoms with E-state index in [0.29, 0.717) is 11.3 Å². The molecule has 140 valence electrons. The number of fused-ring (bicyclic) bond motifs is 1. The number of anilines is 1. The standard InChI is InChI=1S/C19H20N5O2S/c1-23-11-13-24(14-12-23)19-18(20-16-9-5-6-10-17(16)21-19)22-27(25,26)15-7-3-2-4-8-15/h2-10H,11-14H2,1H3/q-1/p+1. The Morgan fingerprint density at radius 2 is 1.52 bits per heavy atom. The number of quaternary nitrogens is 1. The normalized spacial score (nSPS) is 15.8. The Balaban J connectivity index is 1.77. The first-order valence-electron chi connectivity index (χ1n) is 8.89. The number of para-hydroxylation sites is 2. The van der Waals surface area contributed by atoms with Crippen molar-refractivity contribution in [2.24, 2.45) is 0 Å². The summed E-state index contributed by atoms with van der Waals surface area (Å²) >= 11 is 0. The topological polar surface area (TPSA) is 81.7 Å². The van der Waals surface area contributed by atoms with Gasteiger partial charge in [0.25, 0.3) is 0 Å². The van der Waals surface area contributed by atoms with Crippen molar-refractivity contribution >= 4 is 32.7 Å². The minimum Gasteiger partial charge on any atom is -0.431 e. The maximum atomic E-state index is 12.8. The van der Waals surface area contributed by atoms with E-state index in [9.17, 15) is 8.42 Å². The van der Waals surface area contributed by atoms with Gasteiger partial charge in [-0.3, -0.25) is 0 Å². The molecule has 0 unspecified atom stereocenters. The third kappa shape index (κ3) is 3.72. The Hall–Kier alpha value is -2.71. The van der Waals surface area contributed by atoms with E-state index < -0.39 is 10.0 Å². The molecule has 4 rings (SSSR count). The molecule has 8 heteroatoms. The van der Waals surface area contributed by atoms with Gasteiger partial charge >= 0.3 is 0 Å². The molecule has 2 aromatic carbocycles. The molecule has 7 nitrogen and oxygen atoms in total. The zero-order valence-electron chi connectivity index (χ0n) is 15.0. The van der Waals surface area contributed by atoms with Gasteiger partial charge in [-0.15, -0.1) is 0 Å². The monoisotopic (exact) mass is 383 g/mol. The second-order valence-electron chi connectivity index (χ2n) is 6.68. The minimum atomic E-state index is -3.86. The number of sulfonamides is 1. The van der Waals surface area contributed by atoms with E-state index >= 15 is 0 Å². The molecule has 1 aliphatic heterocycles. The molecule has 3 aromatic rings. The number of nitrogens with one attached hydrogen (secondary N) is 1. The minimum absolute atomic E-state index is 0.147. The zero-order chi connectivity index (χ0) is 18.9. The second-order valence-corrected chi connectivity index (χ2v) is 8.29. The molecule has 1 aliphatic rings. The molecule has 0 atom stereocenters. The molecular formula is C19H21N5O2S. The molecule has 1 saturated heterocycles. The third-order valence-corrected chi connectivity index (χ3v) is 5.98. The summed E-state index contributed by atoms with van der Waals surface area (Å²) in [4.78, 5) is 12.9. The highest BCUT2D eigenvalue weighted by Crippen LogP contribution is 2.35. The first-order chi connectivity index (χ1) is 13.0. The van der Waals surface area contributed by atoms with E-state index in [1.807, 2.05) is 24.3 Å². The van der Waals surface area contributed by atoms with Gasteiger partial charge < -0.3 is 19.5 Å². The Bertz CT molecular complexity index is 1050. The molecular weight excluding hydrogens is 362 g/mol. The Morgan fingerprint density at radius 3 is 2.19 bits per heavy atom. The molecule has 2 heterocycles. The fraction of sp³-hybridized carbons (Fsp3) is 0.263. The summed E-state index contributed by atoms with van der Waals surface area (Å²) in [6.07, 6.45) is 0. The lowest BCUT2D eigenvalue weighted by atomic mass is 10.3. The van der Waals surface area contributed by atoms with Crippen LogP contribution in [0.15, 0.2) is 59.5 Å². The number of hydrogen-bond donors (Lipinski definition) is 1. The van der Waals surface area contributed by atoms with Crippen LogP contribution in [0.25, 0.3) is 15.8 Å². The lowest BCUT2D eigenvalue weighted by Crippen LogP contribution is -3.12. The number of aromatic nitrogens is 2. The maximum Gasteiger partial charge on any atom is 0.202 e. The van der Waals surface area contributed by atoms with E-state index in [4.69, 9.17) is 4.98 Å². The van der Waals surface area contributed by atoms with Crippen LogP contribution >= 0.6 is 0 Å². The quantitative estimate of drug-likeness (QED) is 0.736. The molecule has 1 aromatic heterocycles. The summed E-state index contributed by atoms with van der Waals surface area (Å²) < 4.78 is 29.6. The third-order valence-electron chi connectivity index (χ3n) is 4.70. The predicted octanol–water partition coefficient (Wildman–Crippen LogP) is 1.36. The highest BCUT2D eigenvalue weighted by atomic mass is 32.2. The van der Waals surface area contributed by atoms with Crippen LogP contribution in [0.3, 0.4) is 0 Å². The molecule has 0 bridgehead atoms. The van der Waals surface area contributed by atoms with Crippen molar-refractivity contribution in [2.75, 3.05) is 38.1 Å². The number of likely N-dealkylation sites (N-methyl/N-ethyl adjacent to an activating group) is 1. The highest BCUT2D eigenvalue weighted by molar-refractivity contribution is 7.94. The van der Waals surface area contributed by atoms with Crippen molar-refractivity contribution in [3.05, 3.63) is 59.3 Å². The summed E-state index contributed by atoms with van der Waals surface area (Å²) in [6.45, 7) is 3.48. The lowest BCUT2D eigenvalue weighted by molar-refractivity contribution is -0.880. The summed E-state index contributed by atoms with van der Waals surface area (Å²) in [5.41, 5.74) is 1.36. The van der Waals surface area contributed by atoms with Gasteiger partial charge in [0.1, 0.15) is 5.82 Å². The number of hydrogen-bond acceptors (Lipinski definition) is 5. The number of benzene rings is 2. The van der Waals surface area contributed by atoms with Crippen molar-refractivity contribution in [3.63, 3.8) is 0 Å². The summed E-state index contributed by atoms with van der Waals surface area (Å²) in [6, 6.07) is 15.6. The van der Waals surface area contributed by atoms with Crippen LogP contribution in [0, 0.1) is 0 Å². The molecule has 27 heavy (non-hydrogen) atoms. The average molecular weight is 383 g/mol. The Labute approximate surface area is 158 Å². The van der Waals surface area contributed by atoms with Crippen LogP contribution in [-0.4, -0.2) is 51.6 Å². The van der Waals surface area contributed by atoms with E-state index in [1.54, 1.807) is 18.2 Å². The maximum absolute atomic E-state index is 12.8. The van der Waals surface area contributed by atoms with Gasteiger partial charge in [-0.25, -0.2) is 13.4 Å². The fourth-order valence-electron chi connectivity index (χ4n) is 3.11. The van der Waals surface area contributed by atoms with Crippen LogP contribution < -0.4 is 9.80 Å². The van der Waals surface area contributed by atoms with Gasteiger partial charge in [-0.2, -0.15) is 0 Å². The van der Waals surface area contributed by atoms with Gasteiger partial charge in [0.15, 0.2) is 0 Å². The van der Waals surface area contributed by atoms with Crippen molar-refractivity contribution in [2.45, 2.75) is 4.90 Å². The van der Waals surface area contributed by atoms with Crippen molar-refractivity contribution in [1.82, 2.24) is 9.97 Å². The Kier molecular flexibility index (Phi) is 4.67. The van der Waals surface area contributed by atoms with Gasteiger partial charge in [-0.05, 0) is 29.5 Å². The fourth-order valence-corrected chi connectivity index (χ4v) is 4.07. The van der Waals surface area contributed by atoms with E-state index in [0.717, 1.165) is 31.7 Å². The second kappa shape index (κ2) is 7.13. The summed E-state index contributed by atoms with van der Waals surface area (Å²) in [5.74, 6) is 0.679. The zero-order valence-corrected chi connectivity index (χ0v) is 15.9. The lowest BCUT2D eigenvalue weighted by Gasteiger charge is -2.34. The van der Waals surface area contributed by atoms with Crippen molar-refractivity contribution in [3.8, 4) is 0 Å². The number of piperazine rings is 1. The molecule has 0 aliphatic carbocycles. The largest absolute Gasteiger partial charge is 0.431 e. The molecule has 0 spiro atoms. The Morgan fingerprint density at radius 1 is 0.926 bits per heavy atom. The summed E-state index contributed by atoms with van der Waals surface area (Å²) in [5, 5.41) is 0. The van der Waals surface area contributed by atoms with Gasteiger partial charge in [0.2, 0.25) is 10.0 Å². The molecule has 0 amide bonds. The van der Waals surface area contributed by atoms with E-state index in [-0.39, 0.29) is 10.7 Å². The van der Waals surface area contributed by atoms with Crippen LogP contribution in [0.2, 0.25) is 0 Å². The van der Waals surface area contributed by atoms with Crippen LogP contribution in [-0.2, 0) is 10.0 Å². The van der Waals surface area contributed by atoms with Crippen LogP contribution in [0.1, 0.15) is 0 Å². The van der Waals surface area contributed by atoms with Crippen molar-refractivity contribution < 1.29 is 13.3 Å².